The topological polar surface area (TPSA) is 89.9 Å². The number of nitrogens with zero attached hydrogens (tertiary/aromatic N) is 2. The summed E-state index contributed by atoms with van der Waals surface area (Å²) >= 11 is 0. The predicted octanol–water partition coefficient (Wildman–Crippen LogP) is 1.07. The van der Waals surface area contributed by atoms with Gasteiger partial charge in [-0.15, -0.1) is 0 Å². The van der Waals surface area contributed by atoms with Crippen molar-refractivity contribution < 1.29 is 19.5 Å². The van der Waals surface area contributed by atoms with Crippen molar-refractivity contribution in [2.75, 3.05) is 19.6 Å². The molecule has 2 N–H and O–H groups in total. The lowest BCUT2D eigenvalue weighted by Gasteiger charge is -2.37. The van der Waals surface area contributed by atoms with Crippen LogP contribution < -0.4 is 5.32 Å². The van der Waals surface area contributed by atoms with E-state index in [0.29, 0.717) is 18.7 Å². The minimum atomic E-state index is -1.14. The van der Waals surface area contributed by atoms with E-state index < -0.39 is 18.0 Å². The molecule has 2 rings (SSSR count). The smallest absolute Gasteiger partial charge is 0.330 e. The minimum absolute atomic E-state index is 0.0366. The molecule has 0 saturated carbocycles. The molecule has 1 aromatic rings. The van der Waals surface area contributed by atoms with Crippen molar-refractivity contribution in [2.24, 2.45) is 0 Å². The largest absolute Gasteiger partial charge is 0.479 e. The van der Waals surface area contributed by atoms with Crippen LogP contribution in [0.1, 0.15) is 25.5 Å². The molecule has 1 saturated heterocycles. The SMILES string of the molecule is CC(C)N1CCN(C(=O)NC(C(=O)O)c2ccccc2)CC1=O. The summed E-state index contributed by atoms with van der Waals surface area (Å²) in [4.78, 5) is 38.8. The number of hydrogen-bond acceptors (Lipinski definition) is 3. The average molecular weight is 319 g/mol. The number of nitrogens with one attached hydrogen (secondary N) is 1. The fourth-order valence-corrected chi connectivity index (χ4v) is 2.55. The first-order valence-corrected chi connectivity index (χ1v) is 7.53. The molecule has 1 aliphatic heterocycles. The number of amides is 3. The van der Waals surface area contributed by atoms with E-state index in [0.717, 1.165) is 0 Å². The number of rotatable bonds is 4. The Kier molecular flexibility index (Phi) is 5.20. The lowest BCUT2D eigenvalue weighted by Crippen LogP contribution is -2.56. The normalized spacial score (nSPS) is 16.4. The van der Waals surface area contributed by atoms with Gasteiger partial charge in [-0.1, -0.05) is 30.3 Å². The van der Waals surface area contributed by atoms with Gasteiger partial charge < -0.3 is 20.2 Å². The van der Waals surface area contributed by atoms with E-state index in [1.165, 1.54) is 4.90 Å². The number of carboxylic acids is 1. The number of benzene rings is 1. The molecule has 7 nitrogen and oxygen atoms in total. The first-order valence-electron chi connectivity index (χ1n) is 7.53. The van der Waals surface area contributed by atoms with Crippen LogP contribution >= 0.6 is 0 Å². The Labute approximate surface area is 134 Å². The molecular formula is C16H21N3O4. The van der Waals surface area contributed by atoms with Crippen LogP contribution in [-0.4, -0.2) is 58.5 Å². The predicted molar refractivity (Wildman–Crippen MR) is 83.8 cm³/mol. The maximum Gasteiger partial charge on any atom is 0.330 e. The summed E-state index contributed by atoms with van der Waals surface area (Å²) in [5, 5.41) is 11.8. The molecule has 23 heavy (non-hydrogen) atoms. The monoisotopic (exact) mass is 319 g/mol. The van der Waals surface area contributed by atoms with E-state index >= 15 is 0 Å². The van der Waals surface area contributed by atoms with Gasteiger partial charge in [-0.25, -0.2) is 9.59 Å². The summed E-state index contributed by atoms with van der Waals surface area (Å²) < 4.78 is 0. The van der Waals surface area contributed by atoms with Crippen LogP contribution in [0.2, 0.25) is 0 Å². The average Bonchev–Trinajstić information content (AvgIpc) is 2.52. The van der Waals surface area contributed by atoms with E-state index in [4.69, 9.17) is 0 Å². The Hall–Kier alpha value is -2.57. The Balaban J connectivity index is 2.03. The number of carbonyl (C=O) groups excluding carboxylic acids is 2. The second-order valence-corrected chi connectivity index (χ2v) is 5.73. The molecule has 1 aromatic carbocycles. The molecule has 1 heterocycles. The summed E-state index contributed by atoms with van der Waals surface area (Å²) in [6, 6.07) is 6.88. The van der Waals surface area contributed by atoms with Gasteiger partial charge in [-0.05, 0) is 19.4 Å². The van der Waals surface area contributed by atoms with Crippen LogP contribution in [0, 0.1) is 0 Å². The third-order valence-corrected chi connectivity index (χ3v) is 3.82. The number of urea groups is 1. The van der Waals surface area contributed by atoms with E-state index in [-0.39, 0.29) is 18.5 Å². The fraction of sp³-hybridized carbons (Fsp3) is 0.438. The Morgan fingerprint density at radius 3 is 2.35 bits per heavy atom. The molecule has 124 valence electrons. The highest BCUT2D eigenvalue weighted by molar-refractivity contribution is 5.88. The van der Waals surface area contributed by atoms with Crippen molar-refractivity contribution in [3.05, 3.63) is 35.9 Å². The zero-order valence-electron chi connectivity index (χ0n) is 13.2. The second-order valence-electron chi connectivity index (χ2n) is 5.73. The number of aliphatic carboxylic acids is 1. The van der Waals surface area contributed by atoms with Crippen LogP contribution in [0.3, 0.4) is 0 Å². The molecule has 1 atom stereocenters. The van der Waals surface area contributed by atoms with Crippen LogP contribution in [0.15, 0.2) is 30.3 Å². The number of carbonyl (C=O) groups is 3. The first-order chi connectivity index (χ1) is 10.9. The van der Waals surface area contributed by atoms with Gasteiger partial charge in [0, 0.05) is 19.1 Å². The third kappa shape index (κ3) is 4.00. The van der Waals surface area contributed by atoms with E-state index in [1.807, 2.05) is 13.8 Å². The van der Waals surface area contributed by atoms with E-state index in [1.54, 1.807) is 35.2 Å². The highest BCUT2D eigenvalue weighted by atomic mass is 16.4. The number of piperazine rings is 1. The Bertz CT molecular complexity index is 588. The van der Waals surface area contributed by atoms with Gasteiger partial charge in [0.05, 0.1) is 0 Å². The molecule has 7 heteroatoms. The van der Waals surface area contributed by atoms with Crippen molar-refractivity contribution in [3.8, 4) is 0 Å². The second kappa shape index (κ2) is 7.13. The highest BCUT2D eigenvalue weighted by Crippen LogP contribution is 2.14. The fourth-order valence-electron chi connectivity index (χ4n) is 2.55. The molecule has 0 bridgehead atoms. The molecule has 0 aliphatic carbocycles. The van der Waals surface area contributed by atoms with Gasteiger partial charge >= 0.3 is 12.0 Å². The summed E-state index contributed by atoms with van der Waals surface area (Å²) in [5.74, 6) is -1.27. The van der Waals surface area contributed by atoms with Gasteiger partial charge in [0.15, 0.2) is 6.04 Å². The zero-order valence-corrected chi connectivity index (χ0v) is 13.2. The van der Waals surface area contributed by atoms with Crippen molar-refractivity contribution in [3.63, 3.8) is 0 Å². The standard InChI is InChI=1S/C16H21N3O4/c1-11(2)19-9-8-18(10-13(19)20)16(23)17-14(15(21)22)12-6-4-3-5-7-12/h3-7,11,14H,8-10H2,1-2H3,(H,17,23)(H,21,22). The summed E-state index contributed by atoms with van der Waals surface area (Å²) in [5.41, 5.74) is 0.487. The Morgan fingerprint density at radius 1 is 1.17 bits per heavy atom. The summed E-state index contributed by atoms with van der Waals surface area (Å²) in [6.45, 7) is 4.64. The molecule has 0 spiro atoms. The molecule has 1 fully saturated rings. The molecule has 0 radical (unpaired) electrons. The maximum absolute atomic E-state index is 12.3. The molecule has 0 aromatic heterocycles. The van der Waals surface area contributed by atoms with Gasteiger partial charge in [-0.2, -0.15) is 0 Å². The molecule has 3 amide bonds. The van der Waals surface area contributed by atoms with Crippen molar-refractivity contribution in [1.82, 2.24) is 15.1 Å². The van der Waals surface area contributed by atoms with Crippen molar-refractivity contribution in [1.29, 1.82) is 0 Å². The Morgan fingerprint density at radius 2 is 1.83 bits per heavy atom. The van der Waals surface area contributed by atoms with Gasteiger partial charge in [0.1, 0.15) is 6.54 Å². The van der Waals surface area contributed by atoms with Crippen LogP contribution in [0.5, 0.6) is 0 Å². The van der Waals surface area contributed by atoms with Gasteiger partial charge in [-0.3, -0.25) is 4.79 Å². The molecule has 1 unspecified atom stereocenters. The van der Waals surface area contributed by atoms with E-state index in [2.05, 4.69) is 5.32 Å². The van der Waals surface area contributed by atoms with E-state index in [9.17, 15) is 19.5 Å². The molecular weight excluding hydrogens is 298 g/mol. The zero-order chi connectivity index (χ0) is 17.0. The first kappa shape index (κ1) is 16.8. The van der Waals surface area contributed by atoms with Crippen LogP contribution in [-0.2, 0) is 9.59 Å². The lowest BCUT2D eigenvalue weighted by molar-refractivity contribution is -0.139. The summed E-state index contributed by atoms with van der Waals surface area (Å²) in [6.07, 6.45) is 0. The minimum Gasteiger partial charge on any atom is -0.479 e. The van der Waals surface area contributed by atoms with Gasteiger partial charge in [0.25, 0.3) is 0 Å². The summed E-state index contributed by atoms with van der Waals surface area (Å²) in [7, 11) is 0. The van der Waals surface area contributed by atoms with Crippen molar-refractivity contribution in [2.45, 2.75) is 25.9 Å². The van der Waals surface area contributed by atoms with Crippen LogP contribution in [0.25, 0.3) is 0 Å². The number of hydrogen-bond donors (Lipinski definition) is 2. The van der Waals surface area contributed by atoms with Gasteiger partial charge in [0.2, 0.25) is 5.91 Å². The maximum atomic E-state index is 12.3. The van der Waals surface area contributed by atoms with Crippen LogP contribution in [0.4, 0.5) is 4.79 Å². The number of carboxylic acid groups (broad SMARTS) is 1. The third-order valence-electron chi connectivity index (χ3n) is 3.82. The molecule has 1 aliphatic rings. The lowest BCUT2D eigenvalue weighted by atomic mass is 10.1. The van der Waals surface area contributed by atoms with Crippen molar-refractivity contribution >= 4 is 17.9 Å². The highest BCUT2D eigenvalue weighted by Gasteiger charge is 2.31. The quantitative estimate of drug-likeness (QED) is 0.869.